The summed E-state index contributed by atoms with van der Waals surface area (Å²) in [5, 5.41) is 3.09. The molecule has 0 saturated carbocycles. The SMILES string of the molecule is CNC/C(C)=C/c1occc1C. The fourth-order valence-corrected chi connectivity index (χ4v) is 1.09. The van der Waals surface area contributed by atoms with Crippen LogP contribution in [0.1, 0.15) is 18.2 Å². The largest absolute Gasteiger partial charge is 0.465 e. The molecule has 1 rings (SSSR count). The van der Waals surface area contributed by atoms with Gasteiger partial charge in [-0.1, -0.05) is 5.57 Å². The minimum atomic E-state index is 0.903. The van der Waals surface area contributed by atoms with E-state index in [0.717, 1.165) is 12.3 Å². The van der Waals surface area contributed by atoms with E-state index in [-0.39, 0.29) is 0 Å². The maximum atomic E-state index is 5.28. The van der Waals surface area contributed by atoms with E-state index < -0.39 is 0 Å². The highest BCUT2D eigenvalue weighted by atomic mass is 16.3. The van der Waals surface area contributed by atoms with E-state index in [9.17, 15) is 0 Å². The predicted molar refractivity (Wildman–Crippen MR) is 51.0 cm³/mol. The molecule has 0 radical (unpaired) electrons. The number of nitrogens with one attached hydrogen (secondary N) is 1. The minimum absolute atomic E-state index is 0.903. The molecule has 1 aromatic rings. The Morgan fingerprint density at radius 2 is 2.42 bits per heavy atom. The van der Waals surface area contributed by atoms with Crippen LogP contribution in [0.15, 0.2) is 22.3 Å². The summed E-state index contributed by atoms with van der Waals surface area (Å²) in [5.74, 6) is 0.961. The number of hydrogen-bond acceptors (Lipinski definition) is 2. The molecule has 0 amide bonds. The molecule has 2 heteroatoms. The van der Waals surface area contributed by atoms with Crippen LogP contribution in [-0.2, 0) is 0 Å². The molecule has 1 N–H and O–H groups in total. The predicted octanol–water partition coefficient (Wildman–Crippen LogP) is 2.21. The van der Waals surface area contributed by atoms with Crippen molar-refractivity contribution < 1.29 is 4.42 Å². The molecule has 0 unspecified atom stereocenters. The van der Waals surface area contributed by atoms with Crippen molar-refractivity contribution in [1.82, 2.24) is 5.32 Å². The van der Waals surface area contributed by atoms with Crippen molar-refractivity contribution >= 4 is 6.08 Å². The van der Waals surface area contributed by atoms with E-state index in [4.69, 9.17) is 4.42 Å². The Morgan fingerprint density at radius 1 is 1.67 bits per heavy atom. The van der Waals surface area contributed by atoms with Crippen molar-refractivity contribution in [1.29, 1.82) is 0 Å². The first kappa shape index (κ1) is 9.07. The van der Waals surface area contributed by atoms with Crippen molar-refractivity contribution in [2.45, 2.75) is 13.8 Å². The molecular formula is C10H15NO. The van der Waals surface area contributed by atoms with Crippen LogP contribution in [0.25, 0.3) is 6.08 Å². The molecule has 0 saturated heterocycles. The number of likely N-dealkylation sites (N-methyl/N-ethyl adjacent to an activating group) is 1. The molecule has 0 aliphatic heterocycles. The smallest absolute Gasteiger partial charge is 0.129 e. The summed E-state index contributed by atoms with van der Waals surface area (Å²) in [6.45, 7) is 5.03. The van der Waals surface area contributed by atoms with E-state index >= 15 is 0 Å². The Labute approximate surface area is 73.3 Å². The van der Waals surface area contributed by atoms with Gasteiger partial charge in [-0.25, -0.2) is 0 Å². The van der Waals surface area contributed by atoms with E-state index in [1.807, 2.05) is 20.0 Å². The average molecular weight is 165 g/mol. The van der Waals surface area contributed by atoms with E-state index in [1.165, 1.54) is 11.1 Å². The van der Waals surface area contributed by atoms with Crippen molar-refractivity contribution in [2.24, 2.45) is 0 Å². The zero-order chi connectivity index (χ0) is 8.97. The minimum Gasteiger partial charge on any atom is -0.465 e. The second-order valence-corrected chi connectivity index (χ2v) is 2.99. The normalized spacial score (nSPS) is 12.1. The lowest BCUT2D eigenvalue weighted by molar-refractivity contribution is 0.554. The topological polar surface area (TPSA) is 25.2 Å². The summed E-state index contributed by atoms with van der Waals surface area (Å²) < 4.78 is 5.28. The Hall–Kier alpha value is -1.02. The zero-order valence-corrected chi connectivity index (χ0v) is 7.85. The first-order valence-electron chi connectivity index (χ1n) is 4.10. The van der Waals surface area contributed by atoms with Gasteiger partial charge < -0.3 is 9.73 Å². The van der Waals surface area contributed by atoms with E-state index in [1.54, 1.807) is 6.26 Å². The van der Waals surface area contributed by atoms with Crippen LogP contribution in [0, 0.1) is 6.92 Å². The Bertz CT molecular complexity index is 273. The van der Waals surface area contributed by atoms with Gasteiger partial charge in [0.1, 0.15) is 5.76 Å². The summed E-state index contributed by atoms with van der Waals surface area (Å²) in [6, 6.07) is 1.97. The van der Waals surface area contributed by atoms with Gasteiger partial charge >= 0.3 is 0 Å². The summed E-state index contributed by atoms with van der Waals surface area (Å²) >= 11 is 0. The van der Waals surface area contributed by atoms with E-state index in [2.05, 4.69) is 18.3 Å². The monoisotopic (exact) mass is 165 g/mol. The van der Waals surface area contributed by atoms with Gasteiger partial charge in [-0.05, 0) is 38.6 Å². The fraction of sp³-hybridized carbons (Fsp3) is 0.400. The zero-order valence-electron chi connectivity index (χ0n) is 7.85. The molecule has 0 aliphatic rings. The Balaban J connectivity index is 2.73. The van der Waals surface area contributed by atoms with Crippen molar-refractivity contribution in [3.63, 3.8) is 0 Å². The summed E-state index contributed by atoms with van der Waals surface area (Å²) in [6.07, 6.45) is 3.78. The third-order valence-electron chi connectivity index (χ3n) is 1.73. The lowest BCUT2D eigenvalue weighted by atomic mass is 10.2. The molecule has 12 heavy (non-hydrogen) atoms. The molecule has 66 valence electrons. The fourth-order valence-electron chi connectivity index (χ4n) is 1.09. The first-order chi connectivity index (χ1) is 5.74. The summed E-state index contributed by atoms with van der Waals surface area (Å²) in [5.41, 5.74) is 2.46. The van der Waals surface area contributed by atoms with Gasteiger partial charge in [0, 0.05) is 6.54 Å². The van der Waals surface area contributed by atoms with Crippen molar-refractivity contribution in [3.8, 4) is 0 Å². The van der Waals surface area contributed by atoms with Crippen LogP contribution in [0.2, 0.25) is 0 Å². The third-order valence-corrected chi connectivity index (χ3v) is 1.73. The number of furan rings is 1. The Morgan fingerprint density at radius 3 is 2.92 bits per heavy atom. The van der Waals surface area contributed by atoms with E-state index in [0.29, 0.717) is 0 Å². The molecule has 0 atom stereocenters. The lowest BCUT2D eigenvalue weighted by Crippen LogP contribution is -2.08. The van der Waals surface area contributed by atoms with Crippen molar-refractivity contribution in [2.75, 3.05) is 13.6 Å². The van der Waals surface area contributed by atoms with Crippen LogP contribution in [-0.4, -0.2) is 13.6 Å². The third kappa shape index (κ3) is 2.24. The highest BCUT2D eigenvalue weighted by Crippen LogP contribution is 2.12. The second kappa shape index (κ2) is 4.12. The van der Waals surface area contributed by atoms with Crippen LogP contribution >= 0.6 is 0 Å². The van der Waals surface area contributed by atoms with Crippen LogP contribution in [0.5, 0.6) is 0 Å². The molecule has 2 nitrogen and oxygen atoms in total. The molecule has 0 spiro atoms. The number of hydrogen-bond donors (Lipinski definition) is 1. The van der Waals surface area contributed by atoms with Gasteiger partial charge in [0.25, 0.3) is 0 Å². The standard InChI is InChI=1S/C10H15NO/c1-8(7-11-3)6-10-9(2)4-5-12-10/h4-6,11H,7H2,1-3H3/b8-6+. The maximum absolute atomic E-state index is 5.28. The van der Waals surface area contributed by atoms with Gasteiger partial charge in [-0.15, -0.1) is 0 Å². The van der Waals surface area contributed by atoms with Crippen LogP contribution < -0.4 is 5.32 Å². The number of rotatable bonds is 3. The second-order valence-electron chi connectivity index (χ2n) is 2.99. The quantitative estimate of drug-likeness (QED) is 0.742. The summed E-state index contributed by atoms with van der Waals surface area (Å²) in [7, 11) is 1.94. The van der Waals surface area contributed by atoms with Crippen LogP contribution in [0.4, 0.5) is 0 Å². The number of aryl methyl sites for hydroxylation is 1. The van der Waals surface area contributed by atoms with Crippen LogP contribution in [0.3, 0.4) is 0 Å². The molecule has 0 bridgehead atoms. The van der Waals surface area contributed by atoms with Gasteiger partial charge in [0.15, 0.2) is 0 Å². The molecule has 1 heterocycles. The highest BCUT2D eigenvalue weighted by Gasteiger charge is 1.97. The maximum Gasteiger partial charge on any atom is 0.129 e. The molecule has 0 aliphatic carbocycles. The average Bonchev–Trinajstić information content (AvgIpc) is 2.37. The van der Waals surface area contributed by atoms with Gasteiger partial charge in [0.05, 0.1) is 6.26 Å². The highest BCUT2D eigenvalue weighted by molar-refractivity contribution is 5.50. The van der Waals surface area contributed by atoms with Gasteiger partial charge in [-0.3, -0.25) is 0 Å². The molecule has 0 fully saturated rings. The van der Waals surface area contributed by atoms with Crippen molar-refractivity contribution in [3.05, 3.63) is 29.2 Å². The first-order valence-corrected chi connectivity index (χ1v) is 4.10. The van der Waals surface area contributed by atoms with Gasteiger partial charge in [0.2, 0.25) is 0 Å². The van der Waals surface area contributed by atoms with Gasteiger partial charge in [-0.2, -0.15) is 0 Å². The Kier molecular flexibility index (Phi) is 3.11. The molecular weight excluding hydrogens is 150 g/mol. The molecule has 1 aromatic heterocycles. The lowest BCUT2D eigenvalue weighted by Gasteiger charge is -1.97. The summed E-state index contributed by atoms with van der Waals surface area (Å²) in [4.78, 5) is 0. The molecule has 0 aromatic carbocycles.